The number of rotatable bonds is 7. The summed E-state index contributed by atoms with van der Waals surface area (Å²) in [6.07, 6.45) is 0.727. The van der Waals surface area contributed by atoms with Crippen LogP contribution in [-0.2, 0) is 11.3 Å². The van der Waals surface area contributed by atoms with E-state index in [1.807, 2.05) is 30.3 Å². The van der Waals surface area contributed by atoms with Crippen molar-refractivity contribution in [3.63, 3.8) is 0 Å². The van der Waals surface area contributed by atoms with E-state index in [0.29, 0.717) is 22.7 Å². The predicted molar refractivity (Wildman–Crippen MR) is 118 cm³/mol. The Kier molecular flexibility index (Phi) is 5.39. The summed E-state index contributed by atoms with van der Waals surface area (Å²) in [4.78, 5) is 23.3. The van der Waals surface area contributed by atoms with Gasteiger partial charge in [0.2, 0.25) is 0 Å². The minimum absolute atomic E-state index is 0.175. The monoisotopic (exact) mass is 402 g/mol. The number of fused-ring (bicyclic) bond motifs is 3. The molecule has 4 aromatic rings. The number of hydrogen-bond acceptors (Lipinski definition) is 4. The van der Waals surface area contributed by atoms with Gasteiger partial charge in [-0.15, -0.1) is 0 Å². The normalized spacial score (nSPS) is 10.9. The minimum atomic E-state index is -0.282. The van der Waals surface area contributed by atoms with Gasteiger partial charge in [-0.3, -0.25) is 9.59 Å². The molecule has 1 aromatic heterocycles. The van der Waals surface area contributed by atoms with Crippen molar-refractivity contribution in [2.45, 2.75) is 13.5 Å². The van der Waals surface area contributed by atoms with Gasteiger partial charge in [-0.1, -0.05) is 18.2 Å². The molecule has 0 bridgehead atoms. The standard InChI is InChI=1S/C24H22N2O4/c1-3-26-20-7-5-4-6-18(20)19-13-17(9-10-21(19)26)25-24(28)15-30-22-11-8-16(14-27)12-23(22)29-2/h4-14H,3,15H2,1-2H3,(H,25,28). The van der Waals surface area contributed by atoms with E-state index in [-0.39, 0.29) is 12.5 Å². The van der Waals surface area contributed by atoms with E-state index in [4.69, 9.17) is 9.47 Å². The lowest BCUT2D eigenvalue weighted by molar-refractivity contribution is -0.118. The zero-order valence-corrected chi connectivity index (χ0v) is 16.8. The summed E-state index contributed by atoms with van der Waals surface area (Å²) < 4.78 is 13.1. The molecule has 0 fully saturated rings. The van der Waals surface area contributed by atoms with Crippen molar-refractivity contribution in [2.24, 2.45) is 0 Å². The second-order valence-corrected chi connectivity index (χ2v) is 6.86. The van der Waals surface area contributed by atoms with Crippen molar-refractivity contribution in [2.75, 3.05) is 19.0 Å². The van der Waals surface area contributed by atoms with E-state index in [0.717, 1.165) is 29.1 Å². The fourth-order valence-electron chi connectivity index (χ4n) is 3.69. The molecule has 0 spiro atoms. The lowest BCUT2D eigenvalue weighted by Gasteiger charge is -2.11. The van der Waals surface area contributed by atoms with Gasteiger partial charge < -0.3 is 19.4 Å². The molecule has 0 aliphatic heterocycles. The number of anilines is 1. The number of ether oxygens (including phenoxy) is 2. The van der Waals surface area contributed by atoms with E-state index >= 15 is 0 Å². The number of nitrogens with zero attached hydrogens (tertiary/aromatic N) is 1. The van der Waals surface area contributed by atoms with Crippen LogP contribution in [0.4, 0.5) is 5.69 Å². The topological polar surface area (TPSA) is 69.6 Å². The third kappa shape index (κ3) is 3.59. The molecule has 0 saturated carbocycles. The number of para-hydroxylation sites is 1. The number of aldehydes is 1. The molecule has 0 saturated heterocycles. The largest absolute Gasteiger partial charge is 0.493 e. The smallest absolute Gasteiger partial charge is 0.262 e. The Morgan fingerprint density at radius 3 is 2.57 bits per heavy atom. The van der Waals surface area contributed by atoms with Gasteiger partial charge in [-0.25, -0.2) is 0 Å². The molecule has 0 aliphatic rings. The molecule has 6 nitrogen and oxygen atoms in total. The van der Waals surface area contributed by atoms with Crippen LogP contribution >= 0.6 is 0 Å². The highest BCUT2D eigenvalue weighted by atomic mass is 16.5. The molecule has 1 amide bonds. The number of hydrogen-bond donors (Lipinski definition) is 1. The molecule has 1 heterocycles. The van der Waals surface area contributed by atoms with Crippen LogP contribution in [0.3, 0.4) is 0 Å². The van der Waals surface area contributed by atoms with Crippen LogP contribution < -0.4 is 14.8 Å². The second kappa shape index (κ2) is 8.29. The number of aryl methyl sites for hydroxylation is 1. The van der Waals surface area contributed by atoms with Gasteiger partial charge in [0, 0.05) is 39.6 Å². The third-order valence-corrected chi connectivity index (χ3v) is 5.05. The first-order valence-electron chi connectivity index (χ1n) is 9.71. The van der Waals surface area contributed by atoms with Crippen LogP contribution in [0.1, 0.15) is 17.3 Å². The highest BCUT2D eigenvalue weighted by Crippen LogP contribution is 2.31. The molecular formula is C24H22N2O4. The Hall–Kier alpha value is -3.80. The highest BCUT2D eigenvalue weighted by molar-refractivity contribution is 6.09. The molecule has 3 aromatic carbocycles. The van der Waals surface area contributed by atoms with Crippen LogP contribution in [0.5, 0.6) is 11.5 Å². The molecule has 30 heavy (non-hydrogen) atoms. The fraction of sp³-hybridized carbons (Fsp3) is 0.167. The van der Waals surface area contributed by atoms with Gasteiger partial charge in [0.25, 0.3) is 5.91 Å². The summed E-state index contributed by atoms with van der Waals surface area (Å²) in [7, 11) is 1.48. The number of amides is 1. The summed E-state index contributed by atoms with van der Waals surface area (Å²) in [5.41, 5.74) is 3.49. The number of carbonyl (C=O) groups is 2. The Morgan fingerprint density at radius 1 is 1.00 bits per heavy atom. The molecule has 1 N–H and O–H groups in total. The van der Waals surface area contributed by atoms with Gasteiger partial charge in [-0.2, -0.15) is 0 Å². The number of benzene rings is 3. The van der Waals surface area contributed by atoms with Crippen LogP contribution in [-0.4, -0.2) is 30.5 Å². The lowest BCUT2D eigenvalue weighted by Crippen LogP contribution is -2.20. The average Bonchev–Trinajstić information content (AvgIpc) is 3.10. The van der Waals surface area contributed by atoms with E-state index in [2.05, 4.69) is 28.9 Å². The van der Waals surface area contributed by atoms with Crippen LogP contribution in [0.2, 0.25) is 0 Å². The average molecular weight is 402 g/mol. The van der Waals surface area contributed by atoms with Crippen LogP contribution in [0, 0.1) is 0 Å². The first kappa shape index (κ1) is 19.5. The number of carbonyl (C=O) groups excluding carboxylic acids is 2. The first-order chi connectivity index (χ1) is 14.6. The highest BCUT2D eigenvalue weighted by Gasteiger charge is 2.12. The molecule has 0 aliphatic carbocycles. The molecule has 0 atom stereocenters. The fourth-order valence-corrected chi connectivity index (χ4v) is 3.69. The Labute approximate surface area is 174 Å². The number of nitrogens with one attached hydrogen (secondary N) is 1. The van der Waals surface area contributed by atoms with Crippen LogP contribution in [0.25, 0.3) is 21.8 Å². The number of aromatic nitrogens is 1. The Morgan fingerprint density at radius 2 is 1.80 bits per heavy atom. The summed E-state index contributed by atoms with van der Waals surface area (Å²) in [6.45, 7) is 2.81. The maximum absolute atomic E-state index is 12.4. The second-order valence-electron chi connectivity index (χ2n) is 6.86. The summed E-state index contributed by atoms with van der Waals surface area (Å²) in [5, 5.41) is 5.14. The molecule has 0 radical (unpaired) electrons. The van der Waals surface area contributed by atoms with Crippen molar-refractivity contribution in [1.29, 1.82) is 0 Å². The molecule has 4 rings (SSSR count). The molecule has 152 valence electrons. The van der Waals surface area contributed by atoms with Crippen molar-refractivity contribution in [3.05, 3.63) is 66.2 Å². The first-order valence-corrected chi connectivity index (χ1v) is 9.71. The maximum Gasteiger partial charge on any atom is 0.262 e. The minimum Gasteiger partial charge on any atom is -0.493 e. The van der Waals surface area contributed by atoms with Gasteiger partial charge in [-0.05, 0) is 49.4 Å². The van der Waals surface area contributed by atoms with Crippen molar-refractivity contribution >= 4 is 39.7 Å². The third-order valence-electron chi connectivity index (χ3n) is 5.05. The van der Waals surface area contributed by atoms with E-state index in [1.54, 1.807) is 18.2 Å². The van der Waals surface area contributed by atoms with E-state index in [1.165, 1.54) is 12.6 Å². The zero-order chi connectivity index (χ0) is 21.1. The van der Waals surface area contributed by atoms with Crippen LogP contribution in [0.15, 0.2) is 60.7 Å². The lowest BCUT2D eigenvalue weighted by atomic mass is 10.1. The van der Waals surface area contributed by atoms with Gasteiger partial charge in [0.1, 0.15) is 6.29 Å². The van der Waals surface area contributed by atoms with Crippen molar-refractivity contribution in [1.82, 2.24) is 4.57 Å². The van der Waals surface area contributed by atoms with Crippen molar-refractivity contribution < 1.29 is 19.1 Å². The predicted octanol–water partition coefficient (Wildman–Crippen LogP) is 4.65. The molecule has 6 heteroatoms. The Bertz CT molecular complexity index is 1240. The van der Waals surface area contributed by atoms with E-state index < -0.39 is 0 Å². The maximum atomic E-state index is 12.4. The Balaban J connectivity index is 1.52. The SMILES string of the molecule is CCn1c2ccccc2c2cc(NC(=O)COc3ccc(C=O)cc3OC)ccc21. The van der Waals surface area contributed by atoms with Gasteiger partial charge in [0.05, 0.1) is 7.11 Å². The summed E-state index contributed by atoms with van der Waals surface area (Å²) in [6, 6.07) is 18.9. The zero-order valence-electron chi connectivity index (χ0n) is 16.8. The van der Waals surface area contributed by atoms with Gasteiger partial charge in [0.15, 0.2) is 18.1 Å². The quantitative estimate of drug-likeness (QED) is 0.457. The van der Waals surface area contributed by atoms with Gasteiger partial charge >= 0.3 is 0 Å². The van der Waals surface area contributed by atoms with Crippen molar-refractivity contribution in [3.8, 4) is 11.5 Å². The van der Waals surface area contributed by atoms with E-state index in [9.17, 15) is 9.59 Å². The molecule has 0 unspecified atom stereocenters. The molecular weight excluding hydrogens is 380 g/mol. The summed E-state index contributed by atoms with van der Waals surface area (Å²) >= 11 is 0. The summed E-state index contributed by atoms with van der Waals surface area (Å²) in [5.74, 6) is 0.524. The number of methoxy groups -OCH3 is 1.